The number of aromatic hydroxyl groups is 1. The van der Waals surface area contributed by atoms with Crippen LogP contribution in [0, 0.1) is 11.6 Å². The number of benzene rings is 6. The Labute approximate surface area is 837 Å². The summed E-state index contributed by atoms with van der Waals surface area (Å²) >= 11 is 0. The van der Waals surface area contributed by atoms with Gasteiger partial charge in [-0.3, -0.25) is 19.4 Å². The molecule has 0 aromatic heterocycles. The fourth-order valence-electron chi connectivity index (χ4n) is 16.2. The van der Waals surface area contributed by atoms with Gasteiger partial charge in [0.15, 0.2) is 37.2 Å². The summed E-state index contributed by atoms with van der Waals surface area (Å²) in [4.78, 5) is 92.3. The number of alkyl carbamates (subject to hydrolysis) is 3. The van der Waals surface area contributed by atoms with E-state index in [1.54, 1.807) is 128 Å². The van der Waals surface area contributed by atoms with Gasteiger partial charge in [-0.2, -0.15) is 0 Å². The van der Waals surface area contributed by atoms with Crippen molar-refractivity contribution < 1.29 is 144 Å². The van der Waals surface area contributed by atoms with Crippen LogP contribution in [0.3, 0.4) is 0 Å². The lowest BCUT2D eigenvalue weighted by Crippen LogP contribution is -2.44. The third kappa shape index (κ3) is 43.6. The van der Waals surface area contributed by atoms with Crippen LogP contribution >= 0.6 is 0 Å². The zero-order valence-electron chi connectivity index (χ0n) is 84.4. The molecule has 792 valence electrons. The van der Waals surface area contributed by atoms with E-state index in [1.807, 2.05) is 43.4 Å². The summed E-state index contributed by atoms with van der Waals surface area (Å²) in [6.45, 7) is 27.1. The number of aliphatic hydroxyl groups excluding tert-OH is 3. The zero-order valence-corrected chi connectivity index (χ0v) is 84.4. The number of hydrogen-bond acceptors (Lipinski definition) is 29. The van der Waals surface area contributed by atoms with Crippen molar-refractivity contribution >= 4 is 42.0 Å². The van der Waals surface area contributed by atoms with Crippen LogP contribution in [0.1, 0.15) is 222 Å². The number of carboxylic acids is 2. The normalized spacial score (nSPS) is 20.4. The predicted octanol–water partition coefficient (Wildman–Crippen LogP) is 13.7. The Kier molecular flexibility index (Phi) is 48.4. The number of amides is 5. The van der Waals surface area contributed by atoms with Crippen molar-refractivity contribution in [3.63, 3.8) is 0 Å². The maximum atomic E-state index is 14.2. The molecule has 7 fully saturated rings. The fourth-order valence-corrected chi connectivity index (χ4v) is 16.2. The van der Waals surface area contributed by atoms with Crippen molar-refractivity contribution in [2.24, 2.45) is 0 Å². The van der Waals surface area contributed by atoms with Crippen molar-refractivity contribution in [1.29, 1.82) is 0 Å². The number of phenolic OH excluding ortho intramolecular Hbond substituents is 1. The highest BCUT2D eigenvalue weighted by molar-refractivity contribution is 5.87. The first-order valence-corrected chi connectivity index (χ1v) is 49.5. The molecule has 143 heavy (non-hydrogen) atoms. The average molecular weight is 2010 g/mol. The first-order chi connectivity index (χ1) is 68.3. The molecular formula is C105H150F2N8O28. The van der Waals surface area contributed by atoms with Crippen LogP contribution in [-0.2, 0) is 77.7 Å². The van der Waals surface area contributed by atoms with Gasteiger partial charge in [0.05, 0.1) is 57.2 Å². The van der Waals surface area contributed by atoms with Gasteiger partial charge >= 0.3 is 30.2 Å². The maximum Gasteiger partial charge on any atom is 0.408 e. The Bertz CT molecular complexity index is 4760. The highest BCUT2D eigenvalue weighted by Crippen LogP contribution is 2.32. The lowest BCUT2D eigenvalue weighted by molar-refractivity contribution is -0.165. The van der Waals surface area contributed by atoms with Gasteiger partial charge in [0.2, 0.25) is 11.8 Å². The van der Waals surface area contributed by atoms with Crippen LogP contribution in [-0.4, -0.2) is 298 Å². The topological polar surface area (TPSA) is 440 Å². The Morgan fingerprint density at radius 3 is 1.08 bits per heavy atom. The molecule has 5 amide bonds. The van der Waals surface area contributed by atoms with Gasteiger partial charge in [-0.05, 0) is 266 Å². The average Bonchev–Trinajstić information content (AvgIpc) is 1.79. The number of aliphatic hydroxyl groups is 3. The van der Waals surface area contributed by atoms with Gasteiger partial charge in [-0.25, -0.2) is 32.8 Å². The number of nitrogens with zero attached hydrogens (tertiary/aromatic N) is 4. The minimum atomic E-state index is -1.23. The van der Waals surface area contributed by atoms with Crippen LogP contribution in [0.2, 0.25) is 0 Å². The SMILES string of the molecule is CC(C)(C)OC(=O)N[C@H](C(=O)N1CC[C@H](O)C1)c1ccc(OCCOC2CCCCO2)cc1.CC(C)(C)OC(=O)N[C@H](C(=O)O)c1ccc(O)cc1.CC(C)(C)OC(=O)N[C@H](C(=O)O)c1ccc(OCCOC2CCCCO2)cc1.CN(C(=O)Cc1ccc(F)cc1F)[C@H](CN1CC[C@H](O)C1)c1ccc(OCCOC2CCCCO2)cc1.CN[C@H](CN1CC[C@H](O)C1)c1ccc(OCCOC2CCCCO2)cc1. The van der Waals surface area contributed by atoms with Crippen molar-refractivity contribution in [3.8, 4) is 28.7 Å². The number of halogens is 2. The first kappa shape index (κ1) is 116. The van der Waals surface area contributed by atoms with Crippen LogP contribution in [0.15, 0.2) is 140 Å². The summed E-state index contributed by atoms with van der Waals surface area (Å²) in [5, 5.41) is 67.8. The number of ether oxygens (including phenoxy) is 15. The summed E-state index contributed by atoms with van der Waals surface area (Å²) in [6.07, 6.45) is 10.6. The summed E-state index contributed by atoms with van der Waals surface area (Å²) in [6, 6.07) is 34.6. The number of carboxylic acid groups (broad SMARTS) is 2. The predicted molar refractivity (Wildman–Crippen MR) is 524 cm³/mol. The van der Waals surface area contributed by atoms with Crippen molar-refractivity contribution in [3.05, 3.63) is 185 Å². The number of aliphatic carboxylic acids is 2. The van der Waals surface area contributed by atoms with E-state index < -0.39 is 82.9 Å². The van der Waals surface area contributed by atoms with Crippen molar-refractivity contribution in [2.45, 2.75) is 256 Å². The lowest BCUT2D eigenvalue weighted by Gasteiger charge is -2.32. The van der Waals surface area contributed by atoms with Crippen LogP contribution in [0.5, 0.6) is 28.7 Å². The molecule has 7 saturated heterocycles. The minimum absolute atomic E-state index is 0.0187. The number of nitrogens with one attached hydrogen (secondary N) is 4. The van der Waals surface area contributed by atoms with Gasteiger partial charge in [0.1, 0.15) is 89.7 Å². The van der Waals surface area contributed by atoms with E-state index in [-0.39, 0.29) is 85.5 Å². The number of hydrogen-bond donors (Lipinski definition) is 10. The minimum Gasteiger partial charge on any atom is -0.508 e. The second-order valence-corrected chi connectivity index (χ2v) is 38.7. The molecule has 36 nitrogen and oxygen atoms in total. The standard InChI is InChI=1S/C28H36F2N2O5.C24H36N2O7.C20H32N2O4.C20H29NO7.C13H17NO5/c1-31(27(34)16-21-5-8-22(29)17-25(21)30)26(19-32-12-11-23(33)18-32)20-6-9-24(10-7-20)35-14-15-37-28-4-2-3-13-36-28;1-24(2,3)33-23(29)25-21(22(28)26-12-11-18(27)16-26)17-7-9-19(10-8-17)30-14-15-32-20-6-4-5-13-31-20;1-21-19(15-22-10-9-17(23)14-22)16-5-7-18(8-6-16)24-12-13-26-20-4-2-3-11-25-20;1-20(2,3)28-19(24)21-17(18(22)23)14-7-9-15(10-8-14)25-12-13-27-16-6-4-5-11-26-16;1-13(2,3)19-12(18)14-10(11(16)17)8-4-6-9(15)7-5-8/h5-10,17,23,26,28,33H,2-4,11-16,18-19H2,1H3;7-10,18,20-21,27H,4-6,11-16H2,1-3H3,(H,25,29);5-8,17,19-21,23H,2-4,9-15H2,1H3;7-10,16-17H,4-6,11-13H2,1-3H3,(H,21,24)(H,22,23);4-7,10,15H,1-3H3,(H,14,18)(H,16,17)/t23-,26+,28?;18-,20?,21-;17-,19+,20?;16?,17-;10-/m00000/s1. The van der Waals surface area contributed by atoms with Crippen molar-refractivity contribution in [2.75, 3.05) is 146 Å². The summed E-state index contributed by atoms with van der Waals surface area (Å²) in [7, 11) is 3.67. The number of phenols is 1. The molecule has 13 rings (SSSR count). The molecule has 6 aromatic rings. The second kappa shape index (κ2) is 59.7. The third-order valence-electron chi connectivity index (χ3n) is 23.5. The molecule has 0 saturated carbocycles. The molecule has 0 aliphatic carbocycles. The quantitative estimate of drug-likeness (QED) is 0.0127. The Morgan fingerprint density at radius 1 is 0.420 bits per heavy atom. The number of β-amino-alcohol motifs (C(OH)–C–C–N with tert-alkyl or cyclic N) is 3. The molecule has 0 radical (unpaired) electrons. The molecule has 12 atom stereocenters. The fraction of sp³-hybridized carbons (Fsp3) is 0.590. The van der Waals surface area contributed by atoms with Crippen LogP contribution in [0.4, 0.5) is 23.2 Å². The van der Waals surface area contributed by atoms with Gasteiger partial charge in [-0.1, -0.05) is 66.7 Å². The van der Waals surface area contributed by atoms with E-state index in [0.717, 1.165) is 153 Å². The molecule has 4 unspecified atom stereocenters. The first-order valence-electron chi connectivity index (χ1n) is 49.5. The van der Waals surface area contributed by atoms with E-state index in [2.05, 4.69) is 43.2 Å². The van der Waals surface area contributed by atoms with Gasteiger partial charge in [-0.15, -0.1) is 0 Å². The molecule has 7 aliphatic heterocycles. The molecule has 10 N–H and O–H groups in total. The summed E-state index contributed by atoms with van der Waals surface area (Å²) in [5.74, 6) is -1.59. The smallest absolute Gasteiger partial charge is 0.408 e. The van der Waals surface area contributed by atoms with Crippen LogP contribution in [0.25, 0.3) is 0 Å². The second-order valence-electron chi connectivity index (χ2n) is 38.7. The monoisotopic (exact) mass is 2010 g/mol. The van der Waals surface area contributed by atoms with Crippen LogP contribution < -0.4 is 40.2 Å². The number of likely N-dealkylation sites (tertiary alicyclic amines) is 3. The summed E-state index contributed by atoms with van der Waals surface area (Å²) in [5.41, 5.74) is 1.53. The highest BCUT2D eigenvalue weighted by atomic mass is 19.1. The van der Waals surface area contributed by atoms with Gasteiger partial charge in [0.25, 0.3) is 0 Å². The van der Waals surface area contributed by atoms with E-state index >= 15 is 0 Å². The van der Waals surface area contributed by atoms with E-state index in [1.165, 1.54) is 42.3 Å². The Morgan fingerprint density at radius 2 is 0.755 bits per heavy atom. The molecule has 7 heterocycles. The number of carbonyl (C=O) groups is 7. The summed E-state index contributed by atoms with van der Waals surface area (Å²) < 4.78 is 111. The lowest BCUT2D eigenvalue weighted by atomic mass is 10.0. The molecule has 38 heteroatoms. The molecular weight excluding hydrogens is 1860 g/mol. The van der Waals surface area contributed by atoms with Crippen molar-refractivity contribution in [1.82, 2.24) is 40.9 Å². The molecule has 0 bridgehead atoms. The van der Waals surface area contributed by atoms with E-state index in [0.29, 0.717) is 119 Å². The molecule has 6 aromatic carbocycles. The van der Waals surface area contributed by atoms with E-state index in [9.17, 15) is 62.8 Å². The Hall–Kier alpha value is -10.7. The molecule has 0 spiro atoms. The number of rotatable bonds is 39. The van der Waals surface area contributed by atoms with Gasteiger partial charge in [0, 0.05) is 97.9 Å². The zero-order chi connectivity index (χ0) is 103. The Balaban J connectivity index is 0.000000202. The highest BCUT2D eigenvalue weighted by Gasteiger charge is 2.36. The molecule has 7 aliphatic rings. The third-order valence-corrected chi connectivity index (χ3v) is 23.5. The number of carbonyl (C=O) groups excluding carboxylic acids is 5. The van der Waals surface area contributed by atoms with E-state index in [4.69, 9.17) is 81.3 Å². The largest absolute Gasteiger partial charge is 0.508 e. The van der Waals surface area contributed by atoms with Gasteiger partial charge < -0.3 is 133 Å². The maximum absolute atomic E-state index is 14.2. The number of likely N-dealkylation sites (N-methyl/N-ethyl adjacent to an activating group) is 2.